The number of rotatable bonds is 5. The monoisotopic (exact) mass is 513 g/mol. The quantitative estimate of drug-likeness (QED) is 0.323. The van der Waals surface area contributed by atoms with E-state index < -0.39 is 24.3 Å². The second-order valence-corrected chi connectivity index (χ2v) is 12.0. The van der Waals surface area contributed by atoms with Crippen LogP contribution in [-0.4, -0.2) is 104 Å². The Balaban J connectivity index is 1.50. The van der Waals surface area contributed by atoms with Gasteiger partial charge in [-0.2, -0.15) is 0 Å². The van der Waals surface area contributed by atoms with Crippen molar-refractivity contribution in [2.45, 2.75) is 87.2 Å². The summed E-state index contributed by atoms with van der Waals surface area (Å²) in [6, 6.07) is -0.538. The molecule has 1 saturated carbocycles. The van der Waals surface area contributed by atoms with Gasteiger partial charge >= 0.3 is 0 Å². The number of likely N-dealkylation sites (N-methyl/N-ethyl adjacent to an activating group) is 1. The highest BCUT2D eigenvalue weighted by molar-refractivity contribution is 6.21. The highest BCUT2D eigenvalue weighted by atomic mass is 35.5. The van der Waals surface area contributed by atoms with Crippen molar-refractivity contribution in [3.63, 3.8) is 0 Å². The molecule has 10 heteroatoms. The predicted molar refractivity (Wildman–Crippen MR) is 139 cm³/mol. The Bertz CT molecular complexity index is 725. The second-order valence-electron chi connectivity index (χ2n) is 11.4. The molecule has 1 amide bonds. The van der Waals surface area contributed by atoms with Crippen LogP contribution in [0.1, 0.15) is 51.4 Å². The maximum atomic E-state index is 14.8. The summed E-state index contributed by atoms with van der Waals surface area (Å²) < 4.78 is 14.8. The van der Waals surface area contributed by atoms with E-state index in [2.05, 4.69) is 32.5 Å². The topological polar surface area (TPSA) is 112 Å². The van der Waals surface area contributed by atoms with Gasteiger partial charge in [-0.15, -0.1) is 11.6 Å². The molecule has 8 nitrogen and oxygen atoms in total. The number of hydrogen-bond donors (Lipinski definition) is 4. The van der Waals surface area contributed by atoms with Crippen molar-refractivity contribution < 1.29 is 9.18 Å². The summed E-state index contributed by atoms with van der Waals surface area (Å²) in [5.74, 6) is -0.902. The minimum atomic E-state index is -1.09. The number of nitrogens with zero attached hydrogens (tertiary/aromatic N) is 3. The zero-order valence-corrected chi connectivity index (χ0v) is 21.9. The van der Waals surface area contributed by atoms with Gasteiger partial charge in [0.1, 0.15) is 6.17 Å². The van der Waals surface area contributed by atoms with E-state index in [0.29, 0.717) is 25.9 Å². The van der Waals surface area contributed by atoms with E-state index in [9.17, 15) is 9.18 Å². The molecule has 0 aromatic heterocycles. The number of nitrogens with two attached hydrogens (primary N) is 2. The molecule has 4 aliphatic rings. The van der Waals surface area contributed by atoms with Gasteiger partial charge in [-0.1, -0.05) is 25.7 Å². The van der Waals surface area contributed by atoms with Crippen LogP contribution in [0.3, 0.4) is 0 Å². The summed E-state index contributed by atoms with van der Waals surface area (Å²) in [5, 5.41) is 6.50. The first-order valence-electron chi connectivity index (χ1n) is 13.5. The molecule has 0 aromatic carbocycles. The molecule has 0 aromatic rings. The third kappa shape index (κ3) is 6.73. The average Bonchev–Trinajstić information content (AvgIpc) is 3.12. The lowest BCUT2D eigenvalue weighted by Gasteiger charge is -2.46. The number of carbonyl (C=O) groups is 1. The molecule has 3 heterocycles. The molecule has 200 valence electrons. The molecule has 6 atom stereocenters. The summed E-state index contributed by atoms with van der Waals surface area (Å²) in [6.07, 6.45) is 7.11. The van der Waals surface area contributed by atoms with Crippen molar-refractivity contribution in [1.29, 1.82) is 0 Å². The zero-order valence-electron chi connectivity index (χ0n) is 21.2. The third-order valence-corrected chi connectivity index (χ3v) is 9.19. The lowest BCUT2D eigenvalue weighted by atomic mass is 9.70. The molecular formula is C25H45ClFN7O. The minimum Gasteiger partial charge on any atom is -0.350 e. The zero-order chi connectivity index (χ0) is 25.0. The van der Waals surface area contributed by atoms with Crippen molar-refractivity contribution in [3.8, 4) is 0 Å². The van der Waals surface area contributed by atoms with E-state index in [-0.39, 0.29) is 28.8 Å². The molecule has 3 fully saturated rings. The van der Waals surface area contributed by atoms with Crippen LogP contribution in [-0.2, 0) is 4.79 Å². The van der Waals surface area contributed by atoms with E-state index in [4.69, 9.17) is 23.1 Å². The molecule has 35 heavy (non-hydrogen) atoms. The van der Waals surface area contributed by atoms with Crippen molar-refractivity contribution in [2.75, 3.05) is 46.3 Å². The van der Waals surface area contributed by atoms with Crippen LogP contribution in [0.5, 0.6) is 0 Å². The highest BCUT2D eigenvalue weighted by Crippen LogP contribution is 2.46. The Morgan fingerprint density at radius 1 is 1.14 bits per heavy atom. The van der Waals surface area contributed by atoms with Gasteiger partial charge in [-0.3, -0.25) is 14.7 Å². The number of carbonyl (C=O) groups excluding carboxylic acids is 1. The first kappa shape index (κ1) is 27.2. The first-order chi connectivity index (χ1) is 16.8. The third-order valence-electron chi connectivity index (χ3n) is 8.78. The number of alkyl halides is 2. The summed E-state index contributed by atoms with van der Waals surface area (Å²) >= 11 is 6.79. The fraction of sp³-hybridized carbons (Fsp3) is 0.920. The van der Waals surface area contributed by atoms with Gasteiger partial charge in [0.05, 0.1) is 29.5 Å². The lowest BCUT2D eigenvalue weighted by molar-refractivity contribution is -0.128. The van der Waals surface area contributed by atoms with Gasteiger partial charge in [0.2, 0.25) is 5.91 Å². The molecule has 6 N–H and O–H groups in total. The number of piperazine rings is 1. The summed E-state index contributed by atoms with van der Waals surface area (Å²) in [5.41, 5.74) is 12.3. The molecular weight excluding hydrogens is 469 g/mol. The molecule has 0 radical (unpaired) electrons. The largest absolute Gasteiger partial charge is 0.350 e. The Kier molecular flexibility index (Phi) is 9.43. The molecule has 0 bridgehead atoms. The molecule has 3 aliphatic heterocycles. The van der Waals surface area contributed by atoms with E-state index in [1.807, 2.05) is 0 Å². The molecule has 2 saturated heterocycles. The van der Waals surface area contributed by atoms with Crippen LogP contribution in [0, 0.1) is 11.3 Å². The average molecular weight is 514 g/mol. The summed E-state index contributed by atoms with van der Waals surface area (Å²) in [7, 11) is 2.13. The van der Waals surface area contributed by atoms with E-state index in [0.717, 1.165) is 51.9 Å². The number of nitrogens with one attached hydrogen (secondary N) is 2. The van der Waals surface area contributed by atoms with Gasteiger partial charge in [-0.05, 0) is 38.1 Å². The fourth-order valence-electron chi connectivity index (χ4n) is 6.85. The van der Waals surface area contributed by atoms with Crippen LogP contribution in [0.25, 0.3) is 0 Å². The SMILES string of the molecule is CN1CCN(C2C(Cl)CNCC2NC(=O)C(C(N)N)C2CC3(CCCCCC3)CC(F)C=N2)CC1. The van der Waals surface area contributed by atoms with Crippen LogP contribution >= 0.6 is 11.6 Å². The van der Waals surface area contributed by atoms with Gasteiger partial charge in [0.15, 0.2) is 0 Å². The van der Waals surface area contributed by atoms with Crippen LogP contribution < -0.4 is 22.1 Å². The lowest BCUT2D eigenvalue weighted by Crippen LogP contribution is -2.68. The number of hydrogen-bond acceptors (Lipinski definition) is 7. The van der Waals surface area contributed by atoms with Crippen molar-refractivity contribution in [1.82, 2.24) is 20.4 Å². The number of halogens is 2. The maximum absolute atomic E-state index is 14.8. The smallest absolute Gasteiger partial charge is 0.228 e. The molecule has 1 aliphatic carbocycles. The Morgan fingerprint density at radius 3 is 2.49 bits per heavy atom. The van der Waals surface area contributed by atoms with Crippen molar-refractivity contribution in [3.05, 3.63) is 0 Å². The van der Waals surface area contributed by atoms with Crippen LogP contribution in [0.4, 0.5) is 4.39 Å². The standard InChI is InChI=1S/C25H45ClFN7O/c1-33-8-10-34(11-9-33)22-18(26)15-30-16-20(22)32-24(35)21(23(28)29)19-13-25(12-17(27)14-31-19)6-4-2-3-5-7-25/h14,17-23,30H,2-13,15-16,28-29H2,1H3,(H,32,35). The predicted octanol–water partition coefficient (Wildman–Crippen LogP) is 1.07. The second kappa shape index (κ2) is 12.1. The van der Waals surface area contributed by atoms with E-state index >= 15 is 0 Å². The molecule has 4 rings (SSSR count). The van der Waals surface area contributed by atoms with Crippen molar-refractivity contribution in [2.24, 2.45) is 27.8 Å². The molecule has 6 unspecified atom stereocenters. The Hall–Kier alpha value is -0.840. The minimum absolute atomic E-state index is 0.0336. The fourth-order valence-corrected chi connectivity index (χ4v) is 7.30. The van der Waals surface area contributed by atoms with Gasteiger partial charge in [-0.25, -0.2) is 4.39 Å². The first-order valence-corrected chi connectivity index (χ1v) is 14.0. The Morgan fingerprint density at radius 2 is 1.83 bits per heavy atom. The normalized spacial score (nSPS) is 36.0. The number of piperidine rings is 1. The highest BCUT2D eigenvalue weighted by Gasteiger charge is 2.44. The Labute approximate surface area is 214 Å². The van der Waals surface area contributed by atoms with E-state index in [1.165, 1.54) is 19.1 Å². The van der Waals surface area contributed by atoms with Gasteiger partial charge in [0, 0.05) is 51.5 Å². The number of amides is 1. The van der Waals surface area contributed by atoms with Crippen LogP contribution in [0.2, 0.25) is 0 Å². The van der Waals surface area contributed by atoms with Gasteiger partial charge < -0.3 is 27.0 Å². The van der Waals surface area contributed by atoms with Gasteiger partial charge in [0.25, 0.3) is 0 Å². The maximum Gasteiger partial charge on any atom is 0.228 e. The molecule has 1 spiro atoms. The van der Waals surface area contributed by atoms with Crippen molar-refractivity contribution >= 4 is 23.7 Å². The summed E-state index contributed by atoms with van der Waals surface area (Å²) in [6.45, 7) is 5.15. The summed E-state index contributed by atoms with van der Waals surface area (Å²) in [4.78, 5) is 23.0. The van der Waals surface area contributed by atoms with Crippen LogP contribution in [0.15, 0.2) is 4.99 Å². The number of aliphatic imine (C=N–C) groups is 1. The van der Waals surface area contributed by atoms with E-state index in [1.54, 1.807) is 0 Å².